The van der Waals surface area contributed by atoms with E-state index in [9.17, 15) is 9.59 Å². The third kappa shape index (κ3) is 1.94. The molecule has 1 aliphatic carbocycles. The minimum absolute atomic E-state index is 0.170. The van der Waals surface area contributed by atoms with Crippen molar-refractivity contribution in [2.75, 3.05) is 0 Å². The number of Topliss-reactive ketones (excluding diaryl/α,β-unsaturated/α-hetero) is 2. The van der Waals surface area contributed by atoms with Crippen molar-refractivity contribution >= 4 is 39.8 Å². The fourth-order valence-electron chi connectivity index (χ4n) is 2.81. The number of aryl methyl sites for hydroxylation is 1. The Morgan fingerprint density at radius 1 is 0.864 bits per heavy atom. The van der Waals surface area contributed by atoms with Gasteiger partial charge in [0, 0.05) is 20.9 Å². The van der Waals surface area contributed by atoms with Crippen molar-refractivity contribution in [3.8, 4) is 0 Å². The Hall–Kier alpha value is -2.52. The van der Waals surface area contributed by atoms with E-state index in [1.807, 2.05) is 55.5 Å². The molecule has 3 aromatic rings. The van der Waals surface area contributed by atoms with Gasteiger partial charge >= 0.3 is 0 Å². The van der Waals surface area contributed by atoms with Crippen LogP contribution in [0, 0.1) is 6.92 Å². The first kappa shape index (κ1) is 13.2. The lowest BCUT2D eigenvalue weighted by atomic mass is 10.0. The van der Waals surface area contributed by atoms with Crippen LogP contribution in [0.1, 0.15) is 30.5 Å². The summed E-state index contributed by atoms with van der Waals surface area (Å²) in [5.41, 5.74) is 1.30. The van der Waals surface area contributed by atoms with Crippen molar-refractivity contribution in [2.24, 2.45) is 0 Å². The molecule has 0 atom stereocenters. The molecule has 4 rings (SSSR count). The van der Waals surface area contributed by atoms with Gasteiger partial charge in [0.1, 0.15) is 0 Å². The minimum Gasteiger partial charge on any atom is -0.288 e. The third-order valence-corrected chi connectivity index (χ3v) is 4.86. The quantitative estimate of drug-likeness (QED) is 0.483. The van der Waals surface area contributed by atoms with Crippen molar-refractivity contribution in [3.05, 3.63) is 75.0 Å². The van der Waals surface area contributed by atoms with Crippen LogP contribution in [-0.2, 0) is 0 Å². The summed E-state index contributed by atoms with van der Waals surface area (Å²) in [6.45, 7) is 2.01. The summed E-state index contributed by atoms with van der Waals surface area (Å²) in [7, 11) is 0. The Balaban J connectivity index is 1.89. The van der Waals surface area contributed by atoms with Crippen LogP contribution in [-0.4, -0.2) is 11.6 Å². The van der Waals surface area contributed by atoms with Gasteiger partial charge in [-0.15, -0.1) is 11.3 Å². The maximum Gasteiger partial charge on any atom is 0.197 e. The average Bonchev–Trinajstić information content (AvgIpc) is 3.03. The molecule has 1 heterocycles. The molecule has 0 saturated carbocycles. The van der Waals surface area contributed by atoms with Crippen molar-refractivity contribution in [1.82, 2.24) is 0 Å². The highest BCUT2D eigenvalue weighted by molar-refractivity contribution is 7.12. The number of carbonyl (C=O) groups is 2. The largest absolute Gasteiger partial charge is 0.288 e. The molecule has 2 nitrogen and oxygen atoms in total. The van der Waals surface area contributed by atoms with Gasteiger partial charge in [-0.2, -0.15) is 0 Å². The third-order valence-electron chi connectivity index (χ3n) is 3.91. The monoisotopic (exact) mass is 304 g/mol. The first-order valence-electron chi connectivity index (χ1n) is 7.04. The molecule has 0 saturated heterocycles. The van der Waals surface area contributed by atoms with Gasteiger partial charge in [0.2, 0.25) is 0 Å². The van der Waals surface area contributed by atoms with Gasteiger partial charge in [-0.1, -0.05) is 24.3 Å². The van der Waals surface area contributed by atoms with Crippen LogP contribution in [0.15, 0.2) is 54.1 Å². The second-order valence-corrected chi connectivity index (χ2v) is 6.73. The number of benzene rings is 2. The van der Waals surface area contributed by atoms with Crippen LogP contribution in [0.2, 0.25) is 0 Å². The van der Waals surface area contributed by atoms with Gasteiger partial charge < -0.3 is 0 Å². The Morgan fingerprint density at radius 2 is 1.45 bits per heavy atom. The van der Waals surface area contributed by atoms with E-state index in [1.54, 1.807) is 17.4 Å². The van der Waals surface area contributed by atoms with Gasteiger partial charge in [0.25, 0.3) is 0 Å². The molecule has 106 valence electrons. The first-order chi connectivity index (χ1) is 10.6. The molecule has 0 amide bonds. The van der Waals surface area contributed by atoms with Gasteiger partial charge in [-0.3, -0.25) is 9.59 Å². The molecule has 2 aromatic carbocycles. The number of ketones is 2. The maximum absolute atomic E-state index is 12.6. The fraction of sp³-hybridized carbons (Fsp3) is 0.0526. The van der Waals surface area contributed by atoms with E-state index < -0.39 is 0 Å². The van der Waals surface area contributed by atoms with Gasteiger partial charge in [0.15, 0.2) is 11.6 Å². The average molecular weight is 304 g/mol. The number of hydrogen-bond donors (Lipinski definition) is 0. The van der Waals surface area contributed by atoms with E-state index >= 15 is 0 Å². The van der Waals surface area contributed by atoms with Crippen molar-refractivity contribution in [3.63, 3.8) is 0 Å². The van der Waals surface area contributed by atoms with Crippen molar-refractivity contribution in [2.45, 2.75) is 6.92 Å². The number of carbonyl (C=O) groups excluding carboxylic acids is 2. The predicted molar refractivity (Wildman–Crippen MR) is 89.6 cm³/mol. The highest BCUT2D eigenvalue weighted by Crippen LogP contribution is 2.32. The number of allylic oxidation sites excluding steroid dienone is 1. The zero-order valence-corrected chi connectivity index (χ0v) is 12.7. The Morgan fingerprint density at radius 3 is 1.95 bits per heavy atom. The zero-order valence-electron chi connectivity index (χ0n) is 11.9. The summed E-state index contributed by atoms with van der Waals surface area (Å²) >= 11 is 1.58. The number of rotatable bonds is 1. The molecule has 0 N–H and O–H groups in total. The molecule has 0 spiro atoms. The summed E-state index contributed by atoms with van der Waals surface area (Å²) in [5, 5.41) is 1.96. The van der Waals surface area contributed by atoms with Gasteiger partial charge in [0.05, 0.1) is 5.57 Å². The molecule has 1 aromatic heterocycles. The molecule has 1 aliphatic rings. The highest BCUT2D eigenvalue weighted by Gasteiger charge is 2.33. The summed E-state index contributed by atoms with van der Waals surface area (Å²) in [6.07, 6.45) is 1.72. The number of thiophene rings is 1. The highest BCUT2D eigenvalue weighted by atomic mass is 32.1. The van der Waals surface area contributed by atoms with E-state index in [0.717, 1.165) is 20.5 Å². The minimum atomic E-state index is -0.170. The second kappa shape index (κ2) is 4.75. The maximum atomic E-state index is 12.6. The van der Waals surface area contributed by atoms with E-state index in [4.69, 9.17) is 0 Å². The van der Waals surface area contributed by atoms with E-state index in [0.29, 0.717) is 11.1 Å². The van der Waals surface area contributed by atoms with Crippen LogP contribution >= 0.6 is 11.3 Å². The number of fused-ring (bicyclic) bond motifs is 2. The van der Waals surface area contributed by atoms with Gasteiger partial charge in [-0.05, 0) is 48.0 Å². The Labute approximate surface area is 131 Å². The smallest absolute Gasteiger partial charge is 0.197 e. The molecule has 3 heteroatoms. The molecule has 22 heavy (non-hydrogen) atoms. The summed E-state index contributed by atoms with van der Waals surface area (Å²) in [4.78, 5) is 27.3. The molecular formula is C19H12O2S. The second-order valence-electron chi connectivity index (χ2n) is 5.41. The normalized spacial score (nSPS) is 13.8. The standard InChI is InChI=1S/C19H12O2S/c1-11-6-7-14(22-11)10-17-18(20)15-8-12-4-2-3-5-13(12)9-16(15)19(17)21/h2-10H,1H3. The van der Waals surface area contributed by atoms with Gasteiger partial charge in [-0.25, -0.2) is 0 Å². The fourth-order valence-corrected chi connectivity index (χ4v) is 3.63. The van der Waals surface area contributed by atoms with Crippen LogP contribution in [0.3, 0.4) is 0 Å². The van der Waals surface area contributed by atoms with E-state index in [2.05, 4.69) is 0 Å². The first-order valence-corrected chi connectivity index (χ1v) is 7.85. The van der Waals surface area contributed by atoms with Crippen molar-refractivity contribution < 1.29 is 9.59 Å². The predicted octanol–water partition coefficient (Wildman–Crippen LogP) is 4.67. The van der Waals surface area contributed by atoms with Crippen molar-refractivity contribution in [1.29, 1.82) is 0 Å². The van der Waals surface area contributed by atoms with Crippen LogP contribution in [0.25, 0.3) is 16.8 Å². The molecule has 0 fully saturated rings. The molecule has 0 radical (unpaired) electrons. The Bertz CT molecular complexity index is 920. The number of hydrogen-bond acceptors (Lipinski definition) is 3. The summed E-state index contributed by atoms with van der Waals surface area (Å²) in [5.74, 6) is -0.339. The Kier molecular flexibility index (Phi) is 2.84. The summed E-state index contributed by atoms with van der Waals surface area (Å²) < 4.78 is 0. The summed E-state index contributed by atoms with van der Waals surface area (Å²) in [6, 6.07) is 15.4. The SMILES string of the molecule is Cc1ccc(C=C2C(=O)c3cc4ccccc4cc3C2=O)s1. The topological polar surface area (TPSA) is 34.1 Å². The van der Waals surface area contributed by atoms with Crippen LogP contribution < -0.4 is 0 Å². The lowest BCUT2D eigenvalue weighted by Crippen LogP contribution is -1.99. The van der Waals surface area contributed by atoms with Crippen LogP contribution in [0.4, 0.5) is 0 Å². The zero-order chi connectivity index (χ0) is 15.3. The van der Waals surface area contributed by atoms with E-state index in [-0.39, 0.29) is 17.1 Å². The van der Waals surface area contributed by atoms with E-state index in [1.165, 1.54) is 0 Å². The molecule has 0 bridgehead atoms. The molecule has 0 unspecified atom stereocenters. The lowest BCUT2D eigenvalue weighted by molar-refractivity contribution is 0.0990. The molecule has 0 aliphatic heterocycles. The molecular weight excluding hydrogens is 292 g/mol. The van der Waals surface area contributed by atoms with Crippen LogP contribution in [0.5, 0.6) is 0 Å². The lowest BCUT2D eigenvalue weighted by Gasteiger charge is -2.00.